The highest BCUT2D eigenvalue weighted by molar-refractivity contribution is 6.10. The molecule has 1 unspecified atom stereocenters. The van der Waals surface area contributed by atoms with Crippen molar-refractivity contribution >= 4 is 22.6 Å². The van der Waals surface area contributed by atoms with Gasteiger partial charge in [-0.25, -0.2) is 0 Å². The number of rotatable bonds is 3. The summed E-state index contributed by atoms with van der Waals surface area (Å²) >= 11 is 0. The van der Waals surface area contributed by atoms with Crippen LogP contribution in [0.2, 0.25) is 0 Å². The first-order valence-electron chi connectivity index (χ1n) is 9.27. The summed E-state index contributed by atoms with van der Waals surface area (Å²) in [5, 5.41) is 0.460. The van der Waals surface area contributed by atoms with Gasteiger partial charge in [-0.05, 0) is 42.0 Å². The van der Waals surface area contributed by atoms with Crippen LogP contribution in [-0.2, 0) is 0 Å². The molecule has 0 bridgehead atoms. The molecule has 0 saturated carbocycles. The Hall–Kier alpha value is -3.86. The van der Waals surface area contributed by atoms with E-state index in [-0.39, 0.29) is 17.1 Å². The number of benzene rings is 3. The minimum Gasteiger partial charge on any atom is -0.497 e. The SMILES string of the molecule is COc1cccc(C2c3c(oc4ccccc4c3=O)C(=O)N2c2ccccc2)c1. The number of anilines is 1. The summed E-state index contributed by atoms with van der Waals surface area (Å²) in [6.45, 7) is 0. The van der Waals surface area contributed by atoms with Gasteiger partial charge in [0.1, 0.15) is 11.3 Å². The number of hydrogen-bond donors (Lipinski definition) is 0. The van der Waals surface area contributed by atoms with Crippen molar-refractivity contribution in [1.29, 1.82) is 0 Å². The van der Waals surface area contributed by atoms with Crippen LogP contribution in [0.4, 0.5) is 5.69 Å². The predicted molar refractivity (Wildman–Crippen MR) is 111 cm³/mol. The molecule has 0 saturated heterocycles. The Balaban J connectivity index is 1.82. The van der Waals surface area contributed by atoms with E-state index in [1.807, 2.05) is 54.6 Å². The fourth-order valence-electron chi connectivity index (χ4n) is 3.90. The summed E-state index contributed by atoms with van der Waals surface area (Å²) in [6.07, 6.45) is 0. The summed E-state index contributed by atoms with van der Waals surface area (Å²) in [4.78, 5) is 28.4. The maximum Gasteiger partial charge on any atom is 0.295 e. The van der Waals surface area contributed by atoms with Crippen LogP contribution in [0.1, 0.15) is 27.7 Å². The number of para-hydroxylation sites is 2. The van der Waals surface area contributed by atoms with E-state index in [2.05, 4.69) is 0 Å². The van der Waals surface area contributed by atoms with Crippen LogP contribution >= 0.6 is 0 Å². The molecule has 0 fully saturated rings. The molecule has 3 aromatic carbocycles. The van der Waals surface area contributed by atoms with Crippen molar-refractivity contribution in [3.8, 4) is 5.75 Å². The Morgan fingerprint density at radius 2 is 1.66 bits per heavy atom. The number of amides is 1. The first-order chi connectivity index (χ1) is 14.2. The maximum atomic E-state index is 13.4. The van der Waals surface area contributed by atoms with E-state index < -0.39 is 6.04 Å². The quantitative estimate of drug-likeness (QED) is 0.521. The molecular formula is C24H17NO4. The van der Waals surface area contributed by atoms with Gasteiger partial charge in [0.25, 0.3) is 5.91 Å². The lowest BCUT2D eigenvalue weighted by Gasteiger charge is -2.25. The second-order valence-corrected chi connectivity index (χ2v) is 6.86. The maximum absolute atomic E-state index is 13.4. The topological polar surface area (TPSA) is 59.8 Å². The van der Waals surface area contributed by atoms with Gasteiger partial charge in [0.05, 0.1) is 24.1 Å². The molecule has 142 valence electrons. The molecule has 0 spiro atoms. The van der Waals surface area contributed by atoms with Crippen LogP contribution in [0.5, 0.6) is 5.75 Å². The minimum atomic E-state index is -0.601. The van der Waals surface area contributed by atoms with E-state index in [1.165, 1.54) is 0 Å². The van der Waals surface area contributed by atoms with Crippen molar-refractivity contribution in [2.75, 3.05) is 12.0 Å². The van der Waals surface area contributed by atoms with Crippen LogP contribution in [0.15, 0.2) is 88.1 Å². The lowest BCUT2D eigenvalue weighted by atomic mass is 9.98. The zero-order valence-electron chi connectivity index (χ0n) is 15.7. The van der Waals surface area contributed by atoms with Crippen molar-refractivity contribution in [3.63, 3.8) is 0 Å². The van der Waals surface area contributed by atoms with Crippen LogP contribution < -0.4 is 15.1 Å². The average Bonchev–Trinajstić information content (AvgIpc) is 3.07. The Bertz CT molecular complexity index is 1290. The molecular weight excluding hydrogens is 366 g/mol. The zero-order chi connectivity index (χ0) is 20.0. The van der Waals surface area contributed by atoms with E-state index >= 15 is 0 Å². The molecule has 1 atom stereocenters. The summed E-state index contributed by atoms with van der Waals surface area (Å²) in [7, 11) is 1.59. The summed E-state index contributed by atoms with van der Waals surface area (Å²) in [6, 6.07) is 23.1. The van der Waals surface area contributed by atoms with Gasteiger partial charge in [-0.2, -0.15) is 0 Å². The Labute approximate surface area is 166 Å². The van der Waals surface area contributed by atoms with Crippen LogP contribution in [0.3, 0.4) is 0 Å². The fourth-order valence-corrected chi connectivity index (χ4v) is 3.90. The van der Waals surface area contributed by atoms with E-state index in [0.29, 0.717) is 28.0 Å². The second-order valence-electron chi connectivity index (χ2n) is 6.86. The normalized spacial score (nSPS) is 15.6. The van der Waals surface area contributed by atoms with E-state index in [1.54, 1.807) is 36.3 Å². The highest BCUT2D eigenvalue weighted by Crippen LogP contribution is 2.41. The number of ether oxygens (including phenoxy) is 1. The third-order valence-corrected chi connectivity index (χ3v) is 5.22. The lowest BCUT2D eigenvalue weighted by molar-refractivity contribution is 0.0971. The monoisotopic (exact) mass is 383 g/mol. The molecule has 1 aliphatic heterocycles. The third-order valence-electron chi connectivity index (χ3n) is 5.22. The molecule has 0 radical (unpaired) electrons. The van der Waals surface area contributed by atoms with Gasteiger partial charge in [-0.3, -0.25) is 14.5 Å². The van der Waals surface area contributed by atoms with Crippen molar-refractivity contribution in [3.05, 3.63) is 106 Å². The van der Waals surface area contributed by atoms with E-state index in [9.17, 15) is 9.59 Å². The van der Waals surface area contributed by atoms with Crippen molar-refractivity contribution in [2.45, 2.75) is 6.04 Å². The lowest BCUT2D eigenvalue weighted by Crippen LogP contribution is -2.29. The standard InChI is InChI=1S/C24H17NO4/c1-28-17-11-7-8-15(14-17)21-20-22(26)18-12-5-6-13-19(18)29-23(20)24(27)25(21)16-9-3-2-4-10-16/h2-14,21H,1H3. The Kier molecular flexibility index (Phi) is 3.95. The van der Waals surface area contributed by atoms with Crippen molar-refractivity contribution in [2.24, 2.45) is 0 Å². The average molecular weight is 383 g/mol. The molecule has 1 amide bonds. The van der Waals surface area contributed by atoms with Gasteiger partial charge in [-0.15, -0.1) is 0 Å². The molecule has 5 rings (SSSR count). The summed E-state index contributed by atoms with van der Waals surface area (Å²) < 4.78 is 11.3. The third kappa shape index (κ3) is 2.63. The molecule has 1 aromatic heterocycles. The van der Waals surface area contributed by atoms with Gasteiger partial charge < -0.3 is 9.15 Å². The molecule has 0 N–H and O–H groups in total. The van der Waals surface area contributed by atoms with Gasteiger partial charge in [0.15, 0.2) is 5.43 Å². The zero-order valence-corrected chi connectivity index (χ0v) is 15.7. The number of fused-ring (bicyclic) bond motifs is 2. The number of hydrogen-bond acceptors (Lipinski definition) is 4. The van der Waals surface area contributed by atoms with Crippen molar-refractivity contribution < 1.29 is 13.9 Å². The minimum absolute atomic E-state index is 0.0883. The molecule has 0 aliphatic carbocycles. The molecule has 29 heavy (non-hydrogen) atoms. The van der Waals surface area contributed by atoms with Gasteiger partial charge in [0.2, 0.25) is 5.76 Å². The Morgan fingerprint density at radius 3 is 2.45 bits per heavy atom. The molecule has 1 aliphatic rings. The number of carbonyl (C=O) groups is 1. The largest absolute Gasteiger partial charge is 0.497 e. The van der Waals surface area contributed by atoms with Crippen LogP contribution in [0.25, 0.3) is 11.0 Å². The fraction of sp³-hybridized carbons (Fsp3) is 0.0833. The number of carbonyl (C=O) groups excluding carboxylic acids is 1. The van der Waals surface area contributed by atoms with Crippen LogP contribution in [0, 0.1) is 0 Å². The summed E-state index contributed by atoms with van der Waals surface area (Å²) in [5.74, 6) is 0.411. The van der Waals surface area contributed by atoms with Crippen LogP contribution in [-0.4, -0.2) is 13.0 Å². The highest BCUT2D eigenvalue weighted by Gasteiger charge is 2.43. The Morgan fingerprint density at radius 1 is 0.897 bits per heavy atom. The first kappa shape index (κ1) is 17.3. The molecule has 2 heterocycles. The molecule has 5 heteroatoms. The number of nitrogens with zero attached hydrogens (tertiary/aromatic N) is 1. The molecule has 4 aromatic rings. The van der Waals surface area contributed by atoms with E-state index in [4.69, 9.17) is 9.15 Å². The molecule has 5 nitrogen and oxygen atoms in total. The van der Waals surface area contributed by atoms with E-state index in [0.717, 1.165) is 5.56 Å². The second kappa shape index (κ2) is 6.63. The van der Waals surface area contributed by atoms with Crippen molar-refractivity contribution in [1.82, 2.24) is 0 Å². The van der Waals surface area contributed by atoms with Gasteiger partial charge in [0, 0.05) is 5.69 Å². The smallest absolute Gasteiger partial charge is 0.295 e. The first-order valence-corrected chi connectivity index (χ1v) is 9.27. The predicted octanol–water partition coefficient (Wildman–Crippen LogP) is 4.55. The van der Waals surface area contributed by atoms with Gasteiger partial charge >= 0.3 is 0 Å². The number of methoxy groups -OCH3 is 1. The van der Waals surface area contributed by atoms with Gasteiger partial charge in [-0.1, -0.05) is 42.5 Å². The highest BCUT2D eigenvalue weighted by atomic mass is 16.5. The summed E-state index contributed by atoms with van der Waals surface area (Å²) in [5.41, 5.74) is 2.04.